The molecule has 0 N–H and O–H groups in total. The number of hydrogen-bond acceptors (Lipinski definition) is 6. The van der Waals surface area contributed by atoms with Gasteiger partial charge in [-0.15, -0.1) is 10.2 Å². The van der Waals surface area contributed by atoms with Gasteiger partial charge in [-0.2, -0.15) is 5.26 Å². The Kier molecular flexibility index (Phi) is 3.26. The zero-order valence-electron chi connectivity index (χ0n) is 12.3. The van der Waals surface area contributed by atoms with Crippen LogP contribution in [0.15, 0.2) is 40.3 Å². The number of sulfone groups is 1. The molecule has 0 spiro atoms. The Labute approximate surface area is 131 Å². The first kappa shape index (κ1) is 14.9. The Bertz CT molecular complexity index is 1120. The summed E-state index contributed by atoms with van der Waals surface area (Å²) in [5.74, 6) is 0.0493. The number of aromatic nitrogens is 4. The molecule has 0 fully saturated rings. The molecule has 0 aliphatic heterocycles. The third-order valence-corrected chi connectivity index (χ3v) is 4.31. The van der Waals surface area contributed by atoms with Crippen molar-refractivity contribution >= 4 is 15.6 Å². The van der Waals surface area contributed by atoms with E-state index in [4.69, 9.17) is 0 Å². The molecule has 3 rings (SSSR count). The summed E-state index contributed by atoms with van der Waals surface area (Å²) >= 11 is 0. The quantitative estimate of drug-likeness (QED) is 0.672. The summed E-state index contributed by atoms with van der Waals surface area (Å²) in [4.78, 5) is 12.4. The van der Waals surface area contributed by atoms with E-state index >= 15 is 0 Å². The summed E-state index contributed by atoms with van der Waals surface area (Å²) in [6, 6.07) is 10.5. The normalized spacial score (nSPS) is 11.5. The lowest BCUT2D eigenvalue weighted by Crippen LogP contribution is -2.25. The summed E-state index contributed by atoms with van der Waals surface area (Å²) in [5, 5.41) is 16.6. The molecule has 0 radical (unpaired) electrons. The molecular formula is C14H11N5O3S. The summed E-state index contributed by atoms with van der Waals surface area (Å²) < 4.78 is 26.3. The number of aryl methyl sites for hydroxylation is 1. The van der Waals surface area contributed by atoms with Gasteiger partial charge in [-0.05, 0) is 0 Å². The minimum atomic E-state index is -3.71. The van der Waals surface area contributed by atoms with Gasteiger partial charge in [0.1, 0.15) is 11.6 Å². The second-order valence-corrected chi connectivity index (χ2v) is 6.87. The Morgan fingerprint density at radius 3 is 2.39 bits per heavy atom. The molecule has 0 amide bonds. The molecule has 2 heterocycles. The van der Waals surface area contributed by atoms with Crippen molar-refractivity contribution < 1.29 is 8.42 Å². The van der Waals surface area contributed by atoms with Crippen molar-refractivity contribution in [2.75, 3.05) is 6.26 Å². The molecule has 8 nitrogen and oxygen atoms in total. The first-order chi connectivity index (χ1) is 10.9. The first-order valence-electron chi connectivity index (χ1n) is 6.50. The van der Waals surface area contributed by atoms with Gasteiger partial charge < -0.3 is 0 Å². The fraction of sp³-hybridized carbons (Fsp3) is 0.143. The summed E-state index contributed by atoms with van der Waals surface area (Å²) in [6.07, 6.45) is 0.995. The van der Waals surface area contributed by atoms with E-state index in [1.807, 2.05) is 6.07 Å². The molecule has 116 valence electrons. The molecule has 0 atom stereocenters. The van der Waals surface area contributed by atoms with Gasteiger partial charge in [0.2, 0.25) is 15.6 Å². The van der Waals surface area contributed by atoms with Crippen LogP contribution in [0.1, 0.15) is 5.56 Å². The molecule has 0 saturated heterocycles. The van der Waals surface area contributed by atoms with Crippen LogP contribution < -0.4 is 5.56 Å². The molecule has 23 heavy (non-hydrogen) atoms. The lowest BCUT2D eigenvalue weighted by atomic mass is 10.1. The minimum Gasteiger partial charge on any atom is -0.279 e. The number of benzene rings is 1. The lowest BCUT2D eigenvalue weighted by Gasteiger charge is -2.11. The van der Waals surface area contributed by atoms with Crippen LogP contribution in [0.3, 0.4) is 0 Å². The maximum atomic E-state index is 12.4. The highest BCUT2D eigenvalue weighted by atomic mass is 32.2. The average Bonchev–Trinajstić information content (AvgIpc) is 2.96. The van der Waals surface area contributed by atoms with Crippen LogP contribution in [0.2, 0.25) is 0 Å². The van der Waals surface area contributed by atoms with Gasteiger partial charge in [-0.1, -0.05) is 30.3 Å². The first-order valence-corrected chi connectivity index (χ1v) is 8.39. The number of fused-ring (bicyclic) bond motifs is 1. The molecule has 0 saturated carbocycles. The van der Waals surface area contributed by atoms with Crippen LogP contribution in [0.5, 0.6) is 0 Å². The van der Waals surface area contributed by atoms with Crippen LogP contribution in [-0.4, -0.2) is 33.8 Å². The Balaban J connectivity index is 2.65. The second kappa shape index (κ2) is 5.03. The van der Waals surface area contributed by atoms with Crippen LogP contribution in [0.4, 0.5) is 0 Å². The van der Waals surface area contributed by atoms with E-state index in [0.29, 0.717) is 5.56 Å². The number of nitriles is 1. The second-order valence-electron chi connectivity index (χ2n) is 4.96. The fourth-order valence-corrected chi connectivity index (χ4v) is 3.05. The molecule has 0 aliphatic rings. The SMILES string of the molecule is Cn1c(=O)c(C#N)c(-c2ccccc2)n2c(S(C)(=O)=O)nnc12. The Morgan fingerprint density at radius 2 is 1.83 bits per heavy atom. The topological polar surface area (TPSA) is 110 Å². The molecule has 0 bridgehead atoms. The van der Waals surface area contributed by atoms with E-state index in [2.05, 4.69) is 10.2 Å². The highest BCUT2D eigenvalue weighted by Crippen LogP contribution is 2.24. The zero-order valence-corrected chi connectivity index (χ0v) is 13.1. The van der Waals surface area contributed by atoms with Crippen molar-refractivity contribution in [1.29, 1.82) is 5.26 Å². The predicted octanol–water partition coefficient (Wildman–Crippen LogP) is 0.370. The highest BCUT2D eigenvalue weighted by Gasteiger charge is 2.25. The monoisotopic (exact) mass is 329 g/mol. The lowest BCUT2D eigenvalue weighted by molar-refractivity contribution is 0.591. The molecule has 0 unspecified atom stereocenters. The molecule has 2 aromatic heterocycles. The summed E-state index contributed by atoms with van der Waals surface area (Å²) in [6.45, 7) is 0. The molecule has 3 aromatic rings. The van der Waals surface area contributed by atoms with Crippen LogP contribution in [0.25, 0.3) is 17.0 Å². The van der Waals surface area contributed by atoms with Crippen LogP contribution in [-0.2, 0) is 16.9 Å². The largest absolute Gasteiger partial charge is 0.279 e. The molecule has 9 heteroatoms. The van der Waals surface area contributed by atoms with Gasteiger partial charge in [0.05, 0.1) is 5.69 Å². The number of hydrogen-bond donors (Lipinski definition) is 0. The maximum Gasteiger partial charge on any atom is 0.273 e. The van der Waals surface area contributed by atoms with Crippen LogP contribution >= 0.6 is 0 Å². The van der Waals surface area contributed by atoms with Crippen molar-refractivity contribution in [2.24, 2.45) is 7.05 Å². The molecule has 0 aliphatic carbocycles. The van der Waals surface area contributed by atoms with E-state index in [1.165, 1.54) is 11.4 Å². The van der Waals surface area contributed by atoms with Crippen molar-refractivity contribution in [1.82, 2.24) is 19.2 Å². The number of nitrogens with zero attached hydrogens (tertiary/aromatic N) is 5. The standard InChI is InChI=1S/C14H11N5O3S/c1-18-12(20)10(8-15)11(9-6-4-3-5-7-9)19-13(18)16-17-14(19)23(2,21)22/h3-7H,1-2H3. The minimum absolute atomic E-state index is 0.0493. The van der Waals surface area contributed by atoms with Gasteiger partial charge in [0.15, 0.2) is 0 Å². The summed E-state index contributed by atoms with van der Waals surface area (Å²) in [5.41, 5.74) is -0.0460. The van der Waals surface area contributed by atoms with Crippen molar-refractivity contribution in [3.05, 3.63) is 46.2 Å². The Morgan fingerprint density at radius 1 is 1.17 bits per heavy atom. The Hall–Kier alpha value is -2.99. The van der Waals surface area contributed by atoms with Gasteiger partial charge in [0, 0.05) is 18.9 Å². The van der Waals surface area contributed by atoms with Crippen molar-refractivity contribution in [3.63, 3.8) is 0 Å². The van der Waals surface area contributed by atoms with Crippen molar-refractivity contribution in [3.8, 4) is 17.3 Å². The maximum absolute atomic E-state index is 12.4. The zero-order chi connectivity index (χ0) is 16.8. The van der Waals surface area contributed by atoms with Gasteiger partial charge in [0.25, 0.3) is 10.7 Å². The smallest absolute Gasteiger partial charge is 0.273 e. The van der Waals surface area contributed by atoms with Gasteiger partial charge >= 0.3 is 0 Å². The van der Waals surface area contributed by atoms with E-state index in [-0.39, 0.29) is 22.2 Å². The molecule has 1 aromatic carbocycles. The predicted molar refractivity (Wildman–Crippen MR) is 81.5 cm³/mol. The van der Waals surface area contributed by atoms with Crippen LogP contribution in [0, 0.1) is 11.3 Å². The molecular weight excluding hydrogens is 318 g/mol. The highest BCUT2D eigenvalue weighted by molar-refractivity contribution is 7.90. The summed E-state index contributed by atoms with van der Waals surface area (Å²) in [7, 11) is -2.30. The van der Waals surface area contributed by atoms with E-state index in [1.54, 1.807) is 30.3 Å². The van der Waals surface area contributed by atoms with Gasteiger partial charge in [-0.25, -0.2) is 12.8 Å². The van der Waals surface area contributed by atoms with E-state index in [0.717, 1.165) is 10.8 Å². The van der Waals surface area contributed by atoms with Crippen molar-refractivity contribution in [2.45, 2.75) is 5.16 Å². The average molecular weight is 329 g/mol. The third kappa shape index (κ3) is 2.20. The fourth-order valence-electron chi connectivity index (χ4n) is 2.36. The third-order valence-electron chi connectivity index (χ3n) is 3.39. The number of rotatable bonds is 2. The van der Waals surface area contributed by atoms with Gasteiger partial charge in [-0.3, -0.25) is 9.36 Å². The van der Waals surface area contributed by atoms with E-state index < -0.39 is 15.4 Å². The van der Waals surface area contributed by atoms with E-state index in [9.17, 15) is 18.5 Å².